The summed E-state index contributed by atoms with van der Waals surface area (Å²) in [6.45, 7) is 0.600. The Morgan fingerprint density at radius 1 is 1.14 bits per heavy atom. The fourth-order valence-corrected chi connectivity index (χ4v) is 2.02. The van der Waals surface area contributed by atoms with E-state index >= 15 is 0 Å². The van der Waals surface area contributed by atoms with Crippen molar-refractivity contribution >= 4 is 29.0 Å². The number of rotatable bonds is 7. The number of amides is 1. The Morgan fingerprint density at radius 3 is 2.71 bits per heavy atom. The lowest BCUT2D eigenvalue weighted by atomic mass is 10.1. The number of alkyl halides is 1. The number of carbonyl (C=O) groups is 1. The van der Waals surface area contributed by atoms with Gasteiger partial charge in [-0.3, -0.25) is 4.79 Å². The van der Waals surface area contributed by atoms with Crippen molar-refractivity contribution in [1.82, 2.24) is 4.98 Å². The molecule has 0 aliphatic rings. The molecule has 1 heterocycles. The second-order valence-electron chi connectivity index (χ2n) is 4.57. The van der Waals surface area contributed by atoms with Gasteiger partial charge in [0.2, 0.25) is 5.91 Å². The van der Waals surface area contributed by atoms with E-state index in [0.29, 0.717) is 25.3 Å². The summed E-state index contributed by atoms with van der Waals surface area (Å²) in [5.74, 6) is 1.29. The zero-order valence-corrected chi connectivity index (χ0v) is 12.4. The van der Waals surface area contributed by atoms with Gasteiger partial charge in [0.25, 0.3) is 0 Å². The van der Waals surface area contributed by atoms with Gasteiger partial charge in [-0.25, -0.2) is 4.98 Å². The zero-order chi connectivity index (χ0) is 14.9. The van der Waals surface area contributed by atoms with Gasteiger partial charge in [0.05, 0.1) is 0 Å². The summed E-state index contributed by atoms with van der Waals surface area (Å²) in [5.41, 5.74) is 1.84. The Labute approximate surface area is 129 Å². The molecule has 2 aromatic rings. The largest absolute Gasteiger partial charge is 0.366 e. The van der Waals surface area contributed by atoms with Gasteiger partial charge in [-0.15, -0.1) is 11.6 Å². The van der Waals surface area contributed by atoms with Crippen molar-refractivity contribution in [2.24, 2.45) is 0 Å². The fourth-order valence-electron chi connectivity index (χ4n) is 1.89. The van der Waals surface area contributed by atoms with Crippen molar-refractivity contribution < 1.29 is 4.79 Å². The molecule has 110 valence electrons. The summed E-state index contributed by atoms with van der Waals surface area (Å²) in [6, 6.07) is 13.4. The number of carbonyl (C=O) groups excluding carboxylic acids is 1. The van der Waals surface area contributed by atoms with Crippen molar-refractivity contribution in [3.63, 3.8) is 0 Å². The first-order chi connectivity index (χ1) is 10.3. The molecule has 0 bridgehead atoms. The summed E-state index contributed by atoms with van der Waals surface area (Å²) in [6.07, 6.45) is 2.86. The maximum absolute atomic E-state index is 11.8. The summed E-state index contributed by atoms with van der Waals surface area (Å²) >= 11 is 5.60. The van der Waals surface area contributed by atoms with Crippen LogP contribution in [-0.2, 0) is 11.3 Å². The third kappa shape index (κ3) is 5.08. The van der Waals surface area contributed by atoms with E-state index in [1.807, 2.05) is 42.5 Å². The number of nitrogens with zero attached hydrogens (tertiary/aromatic N) is 1. The Hall–Kier alpha value is -2.07. The van der Waals surface area contributed by atoms with Gasteiger partial charge in [0, 0.05) is 30.7 Å². The molecule has 4 nitrogen and oxygen atoms in total. The van der Waals surface area contributed by atoms with E-state index in [-0.39, 0.29) is 5.91 Å². The van der Waals surface area contributed by atoms with Crippen LogP contribution in [0.4, 0.5) is 11.5 Å². The van der Waals surface area contributed by atoms with Crippen LogP contribution in [-0.4, -0.2) is 16.8 Å². The molecule has 0 unspecified atom stereocenters. The molecule has 0 saturated carbocycles. The van der Waals surface area contributed by atoms with E-state index in [1.165, 1.54) is 0 Å². The van der Waals surface area contributed by atoms with Crippen molar-refractivity contribution in [2.45, 2.75) is 19.4 Å². The van der Waals surface area contributed by atoms with Crippen LogP contribution in [0.1, 0.15) is 18.4 Å². The third-order valence-corrected chi connectivity index (χ3v) is 3.22. The summed E-state index contributed by atoms with van der Waals surface area (Å²) in [5, 5.41) is 6.16. The molecule has 2 N–H and O–H groups in total. The van der Waals surface area contributed by atoms with Gasteiger partial charge >= 0.3 is 0 Å². The van der Waals surface area contributed by atoms with E-state index in [9.17, 15) is 4.79 Å². The number of benzene rings is 1. The number of halogens is 1. The minimum atomic E-state index is -0.0130. The highest BCUT2D eigenvalue weighted by Gasteiger charge is 2.06. The molecule has 0 aliphatic heterocycles. The molecule has 2 rings (SSSR count). The summed E-state index contributed by atoms with van der Waals surface area (Å²) < 4.78 is 0. The predicted molar refractivity (Wildman–Crippen MR) is 86.6 cm³/mol. The molecular weight excluding hydrogens is 286 g/mol. The standard InChI is InChI=1S/C16H18ClN3O/c17-10-5-9-16(21)20-14-7-2-1-6-13(14)12-19-15-8-3-4-11-18-15/h1-4,6-8,11H,5,9-10,12H2,(H,18,19)(H,20,21). The molecule has 0 aliphatic carbocycles. The van der Waals surface area contributed by atoms with Crippen molar-refractivity contribution in [2.75, 3.05) is 16.5 Å². The Balaban J connectivity index is 1.98. The van der Waals surface area contributed by atoms with Crippen LogP contribution in [0.5, 0.6) is 0 Å². The number of hydrogen-bond donors (Lipinski definition) is 2. The number of hydrogen-bond acceptors (Lipinski definition) is 3. The molecule has 1 amide bonds. The molecular formula is C16H18ClN3O. The lowest BCUT2D eigenvalue weighted by molar-refractivity contribution is -0.116. The highest BCUT2D eigenvalue weighted by atomic mass is 35.5. The van der Waals surface area contributed by atoms with Crippen LogP contribution in [0.15, 0.2) is 48.7 Å². The number of pyridine rings is 1. The third-order valence-electron chi connectivity index (χ3n) is 2.95. The Morgan fingerprint density at radius 2 is 1.95 bits per heavy atom. The maximum Gasteiger partial charge on any atom is 0.224 e. The van der Waals surface area contributed by atoms with Crippen LogP contribution in [0, 0.1) is 0 Å². The SMILES string of the molecule is O=C(CCCCl)Nc1ccccc1CNc1ccccn1. The molecule has 1 aromatic carbocycles. The smallest absolute Gasteiger partial charge is 0.224 e. The highest BCUT2D eigenvalue weighted by Crippen LogP contribution is 2.17. The average molecular weight is 304 g/mol. The molecule has 0 saturated heterocycles. The topological polar surface area (TPSA) is 54.0 Å². The van der Waals surface area contributed by atoms with Crippen LogP contribution in [0.2, 0.25) is 0 Å². The zero-order valence-electron chi connectivity index (χ0n) is 11.7. The van der Waals surface area contributed by atoms with E-state index in [2.05, 4.69) is 15.6 Å². The molecule has 0 atom stereocenters. The predicted octanol–water partition coefficient (Wildman–Crippen LogP) is 3.65. The van der Waals surface area contributed by atoms with E-state index in [1.54, 1.807) is 6.20 Å². The normalized spacial score (nSPS) is 10.1. The number of anilines is 2. The van der Waals surface area contributed by atoms with E-state index < -0.39 is 0 Å². The molecule has 5 heteroatoms. The van der Waals surface area contributed by atoms with Gasteiger partial charge in [0.1, 0.15) is 5.82 Å². The lowest BCUT2D eigenvalue weighted by Crippen LogP contribution is -2.14. The van der Waals surface area contributed by atoms with E-state index in [0.717, 1.165) is 17.1 Å². The minimum Gasteiger partial charge on any atom is -0.366 e. The van der Waals surface area contributed by atoms with Crippen LogP contribution >= 0.6 is 11.6 Å². The first kappa shape index (κ1) is 15.3. The molecule has 0 fully saturated rings. The summed E-state index contributed by atoms with van der Waals surface area (Å²) in [4.78, 5) is 16.0. The minimum absolute atomic E-state index is 0.0130. The van der Waals surface area contributed by atoms with Crippen molar-refractivity contribution in [3.8, 4) is 0 Å². The van der Waals surface area contributed by atoms with Crippen LogP contribution in [0.3, 0.4) is 0 Å². The average Bonchev–Trinajstić information content (AvgIpc) is 2.53. The highest BCUT2D eigenvalue weighted by molar-refractivity contribution is 6.18. The number of aromatic nitrogens is 1. The van der Waals surface area contributed by atoms with Crippen LogP contribution < -0.4 is 10.6 Å². The molecule has 1 aromatic heterocycles. The van der Waals surface area contributed by atoms with Gasteiger partial charge in [-0.1, -0.05) is 24.3 Å². The number of para-hydroxylation sites is 1. The lowest BCUT2D eigenvalue weighted by Gasteiger charge is -2.12. The van der Waals surface area contributed by atoms with Crippen molar-refractivity contribution in [3.05, 3.63) is 54.2 Å². The quantitative estimate of drug-likeness (QED) is 0.768. The van der Waals surface area contributed by atoms with Gasteiger partial charge < -0.3 is 10.6 Å². The van der Waals surface area contributed by atoms with Gasteiger partial charge in [-0.05, 0) is 30.2 Å². The maximum atomic E-state index is 11.8. The molecule has 21 heavy (non-hydrogen) atoms. The van der Waals surface area contributed by atoms with Crippen LogP contribution in [0.25, 0.3) is 0 Å². The summed E-state index contributed by atoms with van der Waals surface area (Å²) in [7, 11) is 0. The monoisotopic (exact) mass is 303 g/mol. The second kappa shape index (κ2) is 8.27. The first-order valence-electron chi connectivity index (χ1n) is 6.88. The van der Waals surface area contributed by atoms with Gasteiger partial charge in [-0.2, -0.15) is 0 Å². The molecule has 0 radical (unpaired) electrons. The fraction of sp³-hybridized carbons (Fsp3) is 0.250. The Bertz CT molecular complexity index is 575. The second-order valence-corrected chi connectivity index (χ2v) is 4.94. The van der Waals surface area contributed by atoms with E-state index in [4.69, 9.17) is 11.6 Å². The first-order valence-corrected chi connectivity index (χ1v) is 7.41. The number of nitrogens with one attached hydrogen (secondary N) is 2. The van der Waals surface area contributed by atoms with Crippen molar-refractivity contribution in [1.29, 1.82) is 0 Å². The van der Waals surface area contributed by atoms with Gasteiger partial charge in [0.15, 0.2) is 0 Å². The Kier molecular flexibility index (Phi) is 6.03. The molecule has 0 spiro atoms.